The van der Waals surface area contributed by atoms with Gasteiger partial charge in [-0.2, -0.15) is 9.97 Å². The minimum atomic E-state index is -0.320. The highest BCUT2D eigenvalue weighted by Gasteiger charge is 2.34. The molecule has 0 N–H and O–H groups in total. The predicted molar refractivity (Wildman–Crippen MR) is 133 cm³/mol. The molecule has 3 heterocycles. The average molecular weight is 475 g/mol. The van der Waals surface area contributed by atoms with Crippen molar-refractivity contribution in [3.05, 3.63) is 101 Å². The van der Waals surface area contributed by atoms with Gasteiger partial charge >= 0.3 is 0 Å². The molecule has 1 aliphatic rings. The number of imidazole rings is 1. The molecular weight excluding hydrogens is 460 g/mol. The van der Waals surface area contributed by atoms with Crippen molar-refractivity contribution < 1.29 is 14.0 Å². The van der Waals surface area contributed by atoms with Gasteiger partial charge in [-0.05, 0) is 41.1 Å². The van der Waals surface area contributed by atoms with Crippen molar-refractivity contribution in [3.8, 4) is 16.6 Å². The van der Waals surface area contributed by atoms with E-state index in [1.807, 2.05) is 60.0 Å². The number of fused-ring (bicyclic) bond motifs is 3. The smallest absolute Gasteiger partial charge is 0.267 e. The largest absolute Gasteiger partial charge is 0.416 e. The Labute approximate surface area is 202 Å². The average Bonchev–Trinajstić information content (AvgIpc) is 3.66. The summed E-state index contributed by atoms with van der Waals surface area (Å²) in [5.74, 6) is 0.146. The molecule has 7 rings (SSSR count). The molecule has 0 radical (unpaired) electrons. The third-order valence-electron chi connectivity index (χ3n) is 6.02. The number of hydrogen-bond acceptors (Lipinski definition) is 7. The molecule has 0 saturated heterocycles. The summed E-state index contributed by atoms with van der Waals surface area (Å²) in [5.41, 5.74) is 2.45. The highest BCUT2D eigenvalue weighted by atomic mass is 32.1. The van der Waals surface area contributed by atoms with Gasteiger partial charge in [0, 0.05) is 28.3 Å². The zero-order valence-electron chi connectivity index (χ0n) is 18.0. The molecule has 0 aliphatic heterocycles. The molecule has 6 aromatic rings. The summed E-state index contributed by atoms with van der Waals surface area (Å²) >= 11 is 1.39. The van der Waals surface area contributed by atoms with E-state index in [1.54, 1.807) is 22.9 Å². The Bertz CT molecular complexity index is 1770. The molecule has 0 saturated carbocycles. The van der Waals surface area contributed by atoms with Crippen LogP contribution in [0.1, 0.15) is 26.5 Å². The van der Waals surface area contributed by atoms with Crippen LogP contribution in [0, 0.1) is 0 Å². The minimum absolute atomic E-state index is 0.0593. The fraction of sp³-hybridized carbons (Fsp3) is 0. The van der Waals surface area contributed by atoms with E-state index in [2.05, 4.69) is 15.0 Å². The van der Waals surface area contributed by atoms with Crippen molar-refractivity contribution in [3.63, 3.8) is 0 Å². The molecule has 0 fully saturated rings. The van der Waals surface area contributed by atoms with Crippen LogP contribution in [0.25, 0.3) is 44.8 Å². The van der Waals surface area contributed by atoms with Gasteiger partial charge in [0.2, 0.25) is 11.5 Å². The SMILES string of the molecule is O=C1C(=Cc2nc3oc(-c4ccccc4)nc3n2-c2nccs2)C(=O)c2cc3ccccc3cc21. The first-order chi connectivity index (χ1) is 17.2. The van der Waals surface area contributed by atoms with Crippen molar-refractivity contribution >= 4 is 51.1 Å². The molecule has 0 amide bonds. The Kier molecular flexibility index (Phi) is 4.18. The summed E-state index contributed by atoms with van der Waals surface area (Å²) in [7, 11) is 0. The normalized spacial score (nSPS) is 13.2. The van der Waals surface area contributed by atoms with E-state index in [9.17, 15) is 9.59 Å². The number of oxazole rings is 1. The molecule has 3 aromatic carbocycles. The number of aromatic nitrogens is 4. The monoisotopic (exact) mass is 474 g/mol. The first-order valence-electron chi connectivity index (χ1n) is 10.9. The summed E-state index contributed by atoms with van der Waals surface area (Å²) in [4.78, 5) is 40.2. The van der Waals surface area contributed by atoms with E-state index in [1.165, 1.54) is 17.4 Å². The van der Waals surface area contributed by atoms with Crippen molar-refractivity contribution in [2.45, 2.75) is 0 Å². The number of thiazole rings is 1. The standard InChI is InChI=1S/C27H14N4O3S/c32-22-18-12-16-8-4-5-9-17(16)13-19(18)23(33)20(22)14-21-29-26-24(31(21)27-28-10-11-35-27)30-25(34-26)15-6-2-1-3-7-15/h1-14H. The topological polar surface area (TPSA) is 90.9 Å². The molecule has 3 aromatic heterocycles. The van der Waals surface area contributed by atoms with Gasteiger partial charge in [0.15, 0.2) is 16.7 Å². The number of carbonyl (C=O) groups is 2. The Hall–Kier alpha value is -4.69. The third-order valence-corrected chi connectivity index (χ3v) is 6.77. The lowest BCUT2D eigenvalue weighted by atomic mass is 10.0. The highest BCUT2D eigenvalue weighted by molar-refractivity contribution is 7.12. The Balaban J connectivity index is 1.40. The molecule has 1 aliphatic carbocycles. The molecule has 0 unspecified atom stereocenters. The molecule has 8 heteroatoms. The van der Waals surface area contributed by atoms with E-state index in [4.69, 9.17) is 4.42 Å². The second kappa shape index (κ2) is 7.41. The number of allylic oxidation sites excluding steroid dienone is 1. The second-order valence-electron chi connectivity index (χ2n) is 8.10. The van der Waals surface area contributed by atoms with Gasteiger partial charge in [0.1, 0.15) is 5.82 Å². The number of Topliss-reactive ketones (excluding diaryl/α,β-unsaturated/α-hetero) is 2. The van der Waals surface area contributed by atoms with E-state index < -0.39 is 0 Å². The zero-order chi connectivity index (χ0) is 23.5. The van der Waals surface area contributed by atoms with Crippen LogP contribution >= 0.6 is 11.3 Å². The van der Waals surface area contributed by atoms with E-state index in [0.717, 1.165) is 16.3 Å². The summed E-state index contributed by atoms with van der Waals surface area (Å²) in [6, 6.07) is 20.7. The number of nitrogens with zero attached hydrogens (tertiary/aromatic N) is 4. The number of benzene rings is 3. The number of rotatable bonds is 3. The number of hydrogen-bond donors (Lipinski definition) is 0. The first-order valence-corrected chi connectivity index (χ1v) is 11.7. The number of carbonyl (C=O) groups excluding carboxylic acids is 2. The van der Waals surface area contributed by atoms with Crippen LogP contribution in [-0.2, 0) is 0 Å². The van der Waals surface area contributed by atoms with Crippen molar-refractivity contribution in [1.29, 1.82) is 0 Å². The molecule has 0 bridgehead atoms. The lowest BCUT2D eigenvalue weighted by molar-refractivity contribution is 0.0990. The Morgan fingerprint density at radius 2 is 1.54 bits per heavy atom. The van der Waals surface area contributed by atoms with Crippen LogP contribution in [0.5, 0.6) is 0 Å². The molecule has 0 atom stereocenters. The van der Waals surface area contributed by atoms with Gasteiger partial charge in [0.05, 0.1) is 5.57 Å². The zero-order valence-corrected chi connectivity index (χ0v) is 18.8. The van der Waals surface area contributed by atoms with E-state index >= 15 is 0 Å². The molecule has 7 nitrogen and oxygen atoms in total. The fourth-order valence-electron chi connectivity index (χ4n) is 4.37. The fourth-order valence-corrected chi connectivity index (χ4v) is 5.02. The van der Waals surface area contributed by atoms with E-state index in [0.29, 0.717) is 39.3 Å². The van der Waals surface area contributed by atoms with E-state index in [-0.39, 0.29) is 17.1 Å². The third kappa shape index (κ3) is 3.00. The second-order valence-corrected chi connectivity index (χ2v) is 8.97. The molecular formula is C27H14N4O3S. The van der Waals surface area contributed by atoms with Gasteiger partial charge in [-0.3, -0.25) is 9.59 Å². The maximum Gasteiger partial charge on any atom is 0.267 e. The summed E-state index contributed by atoms with van der Waals surface area (Å²) in [6.07, 6.45) is 3.18. The molecule has 166 valence electrons. The van der Waals surface area contributed by atoms with Gasteiger partial charge < -0.3 is 4.42 Å². The summed E-state index contributed by atoms with van der Waals surface area (Å²) < 4.78 is 7.65. The van der Waals surface area contributed by atoms with Crippen molar-refractivity contribution in [2.24, 2.45) is 0 Å². The van der Waals surface area contributed by atoms with Crippen molar-refractivity contribution in [2.75, 3.05) is 0 Å². The van der Waals surface area contributed by atoms with Crippen LogP contribution in [0.2, 0.25) is 0 Å². The Morgan fingerprint density at radius 3 is 2.20 bits per heavy atom. The molecule has 0 spiro atoms. The minimum Gasteiger partial charge on any atom is -0.416 e. The van der Waals surface area contributed by atoms with Gasteiger partial charge in [-0.25, -0.2) is 9.55 Å². The molecule has 35 heavy (non-hydrogen) atoms. The number of ketones is 2. The van der Waals surface area contributed by atoms with Crippen LogP contribution in [-0.4, -0.2) is 31.1 Å². The highest BCUT2D eigenvalue weighted by Crippen LogP contribution is 2.33. The van der Waals surface area contributed by atoms with Crippen LogP contribution < -0.4 is 0 Å². The predicted octanol–water partition coefficient (Wildman–Crippen LogP) is 5.75. The lowest BCUT2D eigenvalue weighted by Gasteiger charge is -2.01. The van der Waals surface area contributed by atoms with Crippen LogP contribution in [0.15, 0.2) is 88.3 Å². The summed E-state index contributed by atoms with van der Waals surface area (Å²) in [6.45, 7) is 0. The summed E-state index contributed by atoms with van der Waals surface area (Å²) in [5, 5.41) is 4.26. The van der Waals surface area contributed by atoms with Gasteiger partial charge in [0.25, 0.3) is 5.71 Å². The first kappa shape index (κ1) is 19.7. The van der Waals surface area contributed by atoms with Gasteiger partial charge in [-0.15, -0.1) is 11.3 Å². The van der Waals surface area contributed by atoms with Gasteiger partial charge in [-0.1, -0.05) is 42.5 Å². The maximum atomic E-state index is 13.3. The van der Waals surface area contributed by atoms with Crippen LogP contribution in [0.4, 0.5) is 0 Å². The Morgan fingerprint density at radius 1 is 0.857 bits per heavy atom. The maximum absolute atomic E-state index is 13.3. The van der Waals surface area contributed by atoms with Crippen molar-refractivity contribution in [1.82, 2.24) is 19.5 Å². The quantitative estimate of drug-likeness (QED) is 0.239. The lowest BCUT2D eigenvalue weighted by Crippen LogP contribution is -2.04. The van der Waals surface area contributed by atoms with Crippen LogP contribution in [0.3, 0.4) is 0 Å².